The van der Waals surface area contributed by atoms with Gasteiger partial charge in [-0.15, -0.1) is 0 Å². The molecule has 1 saturated carbocycles. The van der Waals surface area contributed by atoms with E-state index in [0.29, 0.717) is 11.0 Å². The van der Waals surface area contributed by atoms with Crippen molar-refractivity contribution in [2.45, 2.75) is 32.1 Å². The SMILES string of the molecule is O=[N+]([O-])c1ccc(NS(=O)(=O)CCO)cc1C1=CCC2(CC1)CC2. The van der Waals surface area contributed by atoms with E-state index >= 15 is 0 Å². The molecule has 1 spiro atoms. The van der Waals surface area contributed by atoms with Crippen LogP contribution in [0.25, 0.3) is 5.57 Å². The van der Waals surface area contributed by atoms with Gasteiger partial charge >= 0.3 is 0 Å². The molecule has 2 aliphatic carbocycles. The first kappa shape index (κ1) is 16.9. The summed E-state index contributed by atoms with van der Waals surface area (Å²) in [6.45, 7) is -0.484. The van der Waals surface area contributed by atoms with Gasteiger partial charge < -0.3 is 5.11 Å². The topological polar surface area (TPSA) is 110 Å². The van der Waals surface area contributed by atoms with Gasteiger partial charge in [-0.1, -0.05) is 6.08 Å². The standard InChI is InChI=1S/C16H20N2O5S/c19-9-10-24(22,23)17-13-1-2-15(18(20)21)14(11-13)12-3-5-16(6-4-12)7-8-16/h1-3,11,17,19H,4-10H2. The van der Waals surface area contributed by atoms with Crippen LogP contribution in [0.2, 0.25) is 0 Å². The van der Waals surface area contributed by atoms with E-state index in [1.165, 1.54) is 31.0 Å². The third kappa shape index (κ3) is 3.59. The first-order valence-corrected chi connectivity index (χ1v) is 9.59. The van der Waals surface area contributed by atoms with E-state index in [0.717, 1.165) is 24.8 Å². The molecule has 0 heterocycles. The molecule has 24 heavy (non-hydrogen) atoms. The Balaban J connectivity index is 1.92. The van der Waals surface area contributed by atoms with Crippen molar-refractivity contribution in [2.24, 2.45) is 5.41 Å². The van der Waals surface area contributed by atoms with E-state index in [4.69, 9.17) is 5.11 Å². The van der Waals surface area contributed by atoms with Gasteiger partial charge in [-0.25, -0.2) is 8.42 Å². The van der Waals surface area contributed by atoms with Gasteiger partial charge in [0.1, 0.15) is 0 Å². The molecule has 1 aromatic rings. The van der Waals surface area contributed by atoms with Crippen LogP contribution < -0.4 is 4.72 Å². The number of nitrogens with one attached hydrogen (secondary N) is 1. The summed E-state index contributed by atoms with van der Waals surface area (Å²) in [5.41, 5.74) is 2.05. The predicted molar refractivity (Wildman–Crippen MR) is 91.1 cm³/mol. The maximum atomic E-state index is 11.8. The van der Waals surface area contributed by atoms with E-state index in [-0.39, 0.29) is 11.4 Å². The Kier molecular flexibility index (Phi) is 4.35. The molecule has 0 aromatic heterocycles. The van der Waals surface area contributed by atoms with Crippen molar-refractivity contribution in [1.29, 1.82) is 0 Å². The fourth-order valence-corrected chi connectivity index (χ4v) is 4.01. The van der Waals surface area contributed by atoms with Gasteiger partial charge in [-0.05, 0) is 55.2 Å². The van der Waals surface area contributed by atoms with Gasteiger partial charge in [0.25, 0.3) is 5.69 Å². The quantitative estimate of drug-likeness (QED) is 0.604. The molecular formula is C16H20N2O5S. The van der Waals surface area contributed by atoms with Crippen LogP contribution >= 0.6 is 0 Å². The highest BCUT2D eigenvalue weighted by molar-refractivity contribution is 7.92. The van der Waals surface area contributed by atoms with E-state index in [9.17, 15) is 18.5 Å². The van der Waals surface area contributed by atoms with Crippen LogP contribution in [-0.4, -0.2) is 30.8 Å². The summed E-state index contributed by atoms with van der Waals surface area (Å²) in [6, 6.07) is 4.22. The molecule has 8 heteroatoms. The third-order valence-electron chi connectivity index (χ3n) is 4.84. The van der Waals surface area contributed by atoms with Gasteiger partial charge in [0, 0.05) is 11.8 Å². The number of hydrogen-bond acceptors (Lipinski definition) is 5. The molecule has 2 N–H and O–H groups in total. The summed E-state index contributed by atoms with van der Waals surface area (Å²) in [5.74, 6) is -0.412. The van der Waals surface area contributed by atoms with Crippen LogP contribution in [0.1, 0.15) is 37.7 Å². The van der Waals surface area contributed by atoms with E-state index in [2.05, 4.69) is 10.8 Å². The predicted octanol–water partition coefficient (Wildman–Crippen LogP) is 2.68. The number of hydrogen-bond donors (Lipinski definition) is 2. The summed E-state index contributed by atoms with van der Waals surface area (Å²) in [7, 11) is -3.66. The van der Waals surface area contributed by atoms with Gasteiger partial charge in [-0.2, -0.15) is 0 Å². The fraction of sp³-hybridized carbons (Fsp3) is 0.500. The minimum absolute atomic E-state index is 0.0156. The van der Waals surface area contributed by atoms with E-state index < -0.39 is 27.3 Å². The van der Waals surface area contributed by atoms with Crippen LogP contribution in [-0.2, 0) is 10.0 Å². The van der Waals surface area contributed by atoms with Gasteiger partial charge in [0.05, 0.1) is 22.8 Å². The summed E-state index contributed by atoms with van der Waals surface area (Å²) in [6.07, 6.45) is 7.23. The zero-order chi connectivity index (χ0) is 17.4. The van der Waals surface area contributed by atoms with Crippen molar-refractivity contribution in [3.8, 4) is 0 Å². The maximum Gasteiger partial charge on any atom is 0.277 e. The van der Waals surface area contributed by atoms with Gasteiger partial charge in [-0.3, -0.25) is 14.8 Å². The number of nitro benzene ring substituents is 1. The summed E-state index contributed by atoms with van der Waals surface area (Å²) in [5, 5.41) is 20.1. The number of anilines is 1. The highest BCUT2D eigenvalue weighted by Gasteiger charge is 2.43. The number of sulfonamides is 1. The number of nitrogens with zero attached hydrogens (tertiary/aromatic N) is 1. The van der Waals surface area contributed by atoms with E-state index in [1.54, 1.807) is 0 Å². The minimum Gasteiger partial charge on any atom is -0.395 e. The number of rotatable bonds is 6. The Morgan fingerprint density at radius 1 is 1.29 bits per heavy atom. The lowest BCUT2D eigenvalue weighted by Crippen LogP contribution is -2.19. The zero-order valence-electron chi connectivity index (χ0n) is 13.2. The van der Waals surface area contributed by atoms with E-state index in [1.807, 2.05) is 0 Å². The monoisotopic (exact) mass is 352 g/mol. The van der Waals surface area contributed by atoms with Crippen molar-refractivity contribution in [2.75, 3.05) is 17.1 Å². The first-order valence-electron chi connectivity index (χ1n) is 7.93. The highest BCUT2D eigenvalue weighted by atomic mass is 32.2. The average molecular weight is 352 g/mol. The molecule has 1 aromatic carbocycles. The second kappa shape index (κ2) is 6.18. The number of aliphatic hydroxyl groups is 1. The molecule has 2 aliphatic rings. The molecule has 7 nitrogen and oxygen atoms in total. The Morgan fingerprint density at radius 2 is 2.04 bits per heavy atom. The summed E-state index contributed by atoms with van der Waals surface area (Å²) in [4.78, 5) is 10.9. The lowest BCUT2D eigenvalue weighted by molar-refractivity contribution is -0.385. The van der Waals surface area contributed by atoms with Crippen molar-refractivity contribution in [3.63, 3.8) is 0 Å². The Labute approximate surface area is 140 Å². The first-order chi connectivity index (χ1) is 11.3. The van der Waals surface area contributed by atoms with Gasteiger partial charge in [0.15, 0.2) is 0 Å². The largest absolute Gasteiger partial charge is 0.395 e. The third-order valence-corrected chi connectivity index (χ3v) is 6.10. The zero-order valence-corrected chi connectivity index (χ0v) is 14.0. The van der Waals surface area contributed by atoms with Crippen LogP contribution in [0.15, 0.2) is 24.3 Å². The number of benzene rings is 1. The molecule has 0 aliphatic heterocycles. The normalized spacial score (nSPS) is 19.0. The molecule has 130 valence electrons. The van der Waals surface area contributed by atoms with Crippen molar-refractivity contribution in [1.82, 2.24) is 0 Å². The van der Waals surface area contributed by atoms with Crippen LogP contribution in [0.4, 0.5) is 11.4 Å². The molecule has 0 unspecified atom stereocenters. The molecule has 0 atom stereocenters. The molecular weight excluding hydrogens is 332 g/mol. The molecule has 3 rings (SSSR count). The Hall–Kier alpha value is -1.93. The molecule has 1 fully saturated rings. The number of allylic oxidation sites excluding steroid dienone is 2. The summed E-state index contributed by atoms with van der Waals surface area (Å²) >= 11 is 0. The van der Waals surface area contributed by atoms with Crippen molar-refractivity contribution >= 4 is 27.0 Å². The smallest absolute Gasteiger partial charge is 0.277 e. The van der Waals surface area contributed by atoms with Gasteiger partial charge in [0.2, 0.25) is 10.0 Å². The Bertz CT molecular complexity index is 797. The lowest BCUT2D eigenvalue weighted by atomic mass is 9.84. The summed E-state index contributed by atoms with van der Waals surface area (Å²) < 4.78 is 25.9. The maximum absolute atomic E-state index is 11.8. The molecule has 0 bridgehead atoms. The van der Waals surface area contributed by atoms with Crippen LogP contribution in [0.3, 0.4) is 0 Å². The van der Waals surface area contributed by atoms with Crippen LogP contribution in [0, 0.1) is 15.5 Å². The number of aliphatic hydroxyl groups excluding tert-OH is 1. The van der Waals surface area contributed by atoms with Crippen molar-refractivity contribution < 1.29 is 18.4 Å². The second-order valence-corrected chi connectivity index (χ2v) is 8.41. The fourth-order valence-electron chi connectivity index (χ4n) is 3.19. The molecule has 0 saturated heterocycles. The molecule has 0 radical (unpaired) electrons. The van der Waals surface area contributed by atoms with Crippen LogP contribution in [0.5, 0.6) is 0 Å². The lowest BCUT2D eigenvalue weighted by Gasteiger charge is -2.21. The van der Waals surface area contributed by atoms with Crippen molar-refractivity contribution in [3.05, 3.63) is 40.0 Å². The average Bonchev–Trinajstić information content (AvgIpc) is 3.26. The minimum atomic E-state index is -3.66. The Morgan fingerprint density at radius 3 is 2.58 bits per heavy atom. The second-order valence-electron chi connectivity index (χ2n) is 6.57. The molecule has 0 amide bonds. The highest BCUT2D eigenvalue weighted by Crippen LogP contribution is 2.56. The number of nitro groups is 1.